The number of Topliss-reactive ketones (excluding diaryl/α,β-unsaturated/α-hetero) is 1. The van der Waals surface area contributed by atoms with E-state index < -0.39 is 23.3 Å². The van der Waals surface area contributed by atoms with Crippen LogP contribution in [0.5, 0.6) is 0 Å². The first-order valence-corrected chi connectivity index (χ1v) is 6.88. The molecule has 1 amide bonds. The van der Waals surface area contributed by atoms with Crippen LogP contribution in [0, 0.1) is 18.6 Å². The Kier molecular flexibility index (Phi) is 4.74. The van der Waals surface area contributed by atoms with E-state index >= 15 is 0 Å². The normalized spacial score (nSPS) is 10.3. The number of benzene rings is 2. The second kappa shape index (κ2) is 6.56. The van der Waals surface area contributed by atoms with Crippen molar-refractivity contribution in [2.45, 2.75) is 6.92 Å². The summed E-state index contributed by atoms with van der Waals surface area (Å²) in [6.45, 7) is 1.85. The molecule has 0 aliphatic rings. The Balaban J connectivity index is 2.20. The minimum atomic E-state index is -0.953. The second-order valence-electron chi connectivity index (χ2n) is 5.33. The van der Waals surface area contributed by atoms with E-state index in [4.69, 9.17) is 0 Å². The third-order valence-electron chi connectivity index (χ3n) is 3.24. The summed E-state index contributed by atoms with van der Waals surface area (Å²) in [4.78, 5) is 25.2. The summed E-state index contributed by atoms with van der Waals surface area (Å²) in [6, 6.07) is 8.38. The molecule has 0 spiro atoms. The van der Waals surface area contributed by atoms with Crippen molar-refractivity contribution in [2.75, 3.05) is 24.3 Å². The van der Waals surface area contributed by atoms with Crippen LogP contribution in [-0.4, -0.2) is 25.8 Å². The number of hydrogen-bond acceptors (Lipinski definition) is 3. The van der Waals surface area contributed by atoms with E-state index in [0.717, 1.165) is 17.7 Å². The minimum Gasteiger partial charge on any atom is -0.373 e. The first-order chi connectivity index (χ1) is 10.8. The first-order valence-electron chi connectivity index (χ1n) is 6.88. The number of carbonyl (C=O) groups excluding carboxylic acids is 2. The SMILES string of the molecule is Cc1ccc(C(=O)C(=O)Nc2cc(F)c(N(C)C)c(F)c2)cc1. The molecule has 0 radical (unpaired) electrons. The van der Waals surface area contributed by atoms with Crippen LogP contribution in [0.4, 0.5) is 20.2 Å². The molecule has 2 rings (SSSR count). The molecule has 120 valence electrons. The average Bonchev–Trinajstić information content (AvgIpc) is 2.46. The summed E-state index contributed by atoms with van der Waals surface area (Å²) in [5.74, 6) is -3.38. The molecule has 2 aromatic rings. The van der Waals surface area contributed by atoms with Crippen LogP contribution < -0.4 is 10.2 Å². The highest BCUT2D eigenvalue weighted by atomic mass is 19.1. The molecular weight excluding hydrogens is 302 g/mol. The number of carbonyl (C=O) groups is 2. The van der Waals surface area contributed by atoms with E-state index in [0.29, 0.717) is 0 Å². The number of amides is 1. The van der Waals surface area contributed by atoms with Gasteiger partial charge in [-0.05, 0) is 19.1 Å². The lowest BCUT2D eigenvalue weighted by Gasteiger charge is -2.15. The summed E-state index contributed by atoms with van der Waals surface area (Å²) < 4.78 is 27.7. The Bertz CT molecular complexity index is 733. The van der Waals surface area contributed by atoms with Crippen molar-refractivity contribution in [1.29, 1.82) is 0 Å². The van der Waals surface area contributed by atoms with Crippen LogP contribution >= 0.6 is 0 Å². The Morgan fingerprint density at radius 1 is 1.00 bits per heavy atom. The fourth-order valence-corrected chi connectivity index (χ4v) is 2.09. The van der Waals surface area contributed by atoms with Gasteiger partial charge in [-0.2, -0.15) is 0 Å². The molecule has 4 nitrogen and oxygen atoms in total. The van der Waals surface area contributed by atoms with Gasteiger partial charge in [0.25, 0.3) is 11.7 Å². The third kappa shape index (κ3) is 3.71. The van der Waals surface area contributed by atoms with Gasteiger partial charge in [0.2, 0.25) is 0 Å². The molecule has 23 heavy (non-hydrogen) atoms. The van der Waals surface area contributed by atoms with Crippen molar-refractivity contribution in [3.05, 3.63) is 59.2 Å². The van der Waals surface area contributed by atoms with Gasteiger partial charge in [-0.15, -0.1) is 0 Å². The van der Waals surface area contributed by atoms with E-state index in [1.54, 1.807) is 12.1 Å². The molecule has 1 N–H and O–H groups in total. The number of hydrogen-bond donors (Lipinski definition) is 1. The van der Waals surface area contributed by atoms with Crippen molar-refractivity contribution in [2.24, 2.45) is 0 Å². The van der Waals surface area contributed by atoms with Gasteiger partial charge in [-0.3, -0.25) is 9.59 Å². The van der Waals surface area contributed by atoms with Gasteiger partial charge in [0.1, 0.15) is 5.69 Å². The van der Waals surface area contributed by atoms with Gasteiger partial charge >= 0.3 is 0 Å². The Hall–Kier alpha value is -2.76. The van der Waals surface area contributed by atoms with Gasteiger partial charge in [-0.25, -0.2) is 8.78 Å². The number of anilines is 2. The molecular formula is C17H16F2N2O2. The number of nitrogens with zero attached hydrogens (tertiary/aromatic N) is 1. The van der Waals surface area contributed by atoms with Gasteiger partial charge in [0, 0.05) is 25.3 Å². The molecule has 0 heterocycles. The quantitative estimate of drug-likeness (QED) is 0.696. The van der Waals surface area contributed by atoms with Crippen molar-refractivity contribution >= 4 is 23.1 Å². The molecule has 0 aliphatic heterocycles. The zero-order valence-corrected chi connectivity index (χ0v) is 13.0. The topological polar surface area (TPSA) is 49.4 Å². The molecule has 0 saturated heterocycles. The highest BCUT2D eigenvalue weighted by Crippen LogP contribution is 2.25. The molecule has 0 aliphatic carbocycles. The van der Waals surface area contributed by atoms with Crippen LogP contribution in [0.3, 0.4) is 0 Å². The van der Waals surface area contributed by atoms with E-state index in [2.05, 4.69) is 5.32 Å². The van der Waals surface area contributed by atoms with E-state index in [1.807, 2.05) is 6.92 Å². The summed E-state index contributed by atoms with van der Waals surface area (Å²) >= 11 is 0. The van der Waals surface area contributed by atoms with Gasteiger partial charge < -0.3 is 10.2 Å². The number of nitrogens with one attached hydrogen (secondary N) is 1. The lowest BCUT2D eigenvalue weighted by Crippen LogP contribution is -2.23. The molecule has 0 atom stereocenters. The van der Waals surface area contributed by atoms with Crippen molar-refractivity contribution in [3.8, 4) is 0 Å². The molecule has 0 fully saturated rings. The maximum Gasteiger partial charge on any atom is 0.296 e. The minimum absolute atomic E-state index is 0.115. The van der Waals surface area contributed by atoms with Crippen LogP contribution in [0.15, 0.2) is 36.4 Å². The molecule has 6 heteroatoms. The smallest absolute Gasteiger partial charge is 0.296 e. The van der Waals surface area contributed by atoms with E-state index in [-0.39, 0.29) is 16.9 Å². The van der Waals surface area contributed by atoms with Crippen molar-refractivity contribution in [3.63, 3.8) is 0 Å². The average molecular weight is 318 g/mol. The second-order valence-corrected chi connectivity index (χ2v) is 5.33. The molecule has 0 bridgehead atoms. The first kappa shape index (κ1) is 16.6. The van der Waals surface area contributed by atoms with Crippen LogP contribution in [0.25, 0.3) is 0 Å². The van der Waals surface area contributed by atoms with Crippen molar-refractivity contribution in [1.82, 2.24) is 0 Å². The Labute approximate surface area is 132 Å². The third-order valence-corrected chi connectivity index (χ3v) is 3.24. The monoisotopic (exact) mass is 318 g/mol. The summed E-state index contributed by atoms with van der Waals surface area (Å²) in [7, 11) is 3.00. The number of ketones is 1. The molecule has 2 aromatic carbocycles. The zero-order chi connectivity index (χ0) is 17.1. The van der Waals surface area contributed by atoms with E-state index in [9.17, 15) is 18.4 Å². The summed E-state index contributed by atoms with van der Waals surface area (Å²) in [6.07, 6.45) is 0. The van der Waals surface area contributed by atoms with E-state index in [1.165, 1.54) is 31.1 Å². The lowest BCUT2D eigenvalue weighted by molar-refractivity contribution is -0.112. The largest absolute Gasteiger partial charge is 0.373 e. The Morgan fingerprint density at radius 3 is 2.00 bits per heavy atom. The van der Waals surface area contributed by atoms with Crippen LogP contribution in [0.1, 0.15) is 15.9 Å². The van der Waals surface area contributed by atoms with Crippen molar-refractivity contribution < 1.29 is 18.4 Å². The number of rotatable bonds is 4. The van der Waals surface area contributed by atoms with Crippen LogP contribution in [0.2, 0.25) is 0 Å². The zero-order valence-electron chi connectivity index (χ0n) is 13.0. The highest BCUT2D eigenvalue weighted by Gasteiger charge is 2.19. The summed E-state index contributed by atoms with van der Waals surface area (Å²) in [5.41, 5.74) is 0.827. The summed E-state index contributed by atoms with van der Waals surface area (Å²) in [5, 5.41) is 2.22. The number of halogens is 2. The molecule has 0 unspecified atom stereocenters. The maximum absolute atomic E-state index is 13.9. The van der Waals surface area contributed by atoms with Gasteiger partial charge in [-0.1, -0.05) is 29.8 Å². The Morgan fingerprint density at radius 2 is 1.52 bits per heavy atom. The van der Waals surface area contributed by atoms with Crippen LogP contribution in [-0.2, 0) is 4.79 Å². The lowest BCUT2D eigenvalue weighted by atomic mass is 10.1. The van der Waals surface area contributed by atoms with Gasteiger partial charge in [0.15, 0.2) is 11.6 Å². The van der Waals surface area contributed by atoms with Gasteiger partial charge in [0.05, 0.1) is 0 Å². The predicted octanol–water partition coefficient (Wildman–Crippen LogP) is 3.16. The molecule has 0 saturated carbocycles. The maximum atomic E-state index is 13.9. The molecule has 0 aromatic heterocycles. The standard InChI is InChI=1S/C17H16F2N2O2/c1-10-4-6-11(7-5-10)16(22)17(23)20-12-8-13(18)15(21(2)3)14(19)9-12/h4-9H,1-3H3,(H,20,23). The predicted molar refractivity (Wildman–Crippen MR) is 84.8 cm³/mol. The fourth-order valence-electron chi connectivity index (χ4n) is 2.09. The fraction of sp³-hybridized carbons (Fsp3) is 0.176. The highest BCUT2D eigenvalue weighted by molar-refractivity contribution is 6.46. The number of aryl methyl sites for hydroxylation is 1.